The maximum absolute atomic E-state index is 13.3. The van der Waals surface area contributed by atoms with Gasteiger partial charge in [0.05, 0.1) is 45.6 Å². The molecule has 10 nitrogen and oxygen atoms in total. The van der Waals surface area contributed by atoms with E-state index in [0.717, 1.165) is 28.2 Å². The van der Waals surface area contributed by atoms with E-state index in [2.05, 4.69) is 40.9 Å². The molecule has 1 aromatic carbocycles. The Hall–Kier alpha value is -5.18. The Bertz CT molecular complexity index is 1700. The predicted molar refractivity (Wildman–Crippen MR) is 154 cm³/mol. The van der Waals surface area contributed by atoms with Gasteiger partial charge in [0, 0.05) is 30.7 Å². The van der Waals surface area contributed by atoms with Crippen LogP contribution < -0.4 is 20.7 Å². The van der Waals surface area contributed by atoms with Crippen molar-refractivity contribution in [3.8, 4) is 33.5 Å². The van der Waals surface area contributed by atoms with E-state index in [4.69, 9.17) is 4.74 Å². The molecule has 0 fully saturated rings. The van der Waals surface area contributed by atoms with Crippen LogP contribution in [0.3, 0.4) is 0 Å². The molecule has 0 aliphatic carbocycles. The normalized spacial score (nSPS) is 11.2. The molecule has 5 rings (SSSR count). The standard InChI is InChI=1S/C28H22F4N8O2S/c1-2-33-27-38-15-23(43-27)16-4-7-21(8-5-16)42-26-36-13-20(14-37-26)39-25(41)40-22-9-18(28(30,31)32)12-35-24(22)17-3-6-19(10-29)34-11-17/h3-9,11-15H,2,10H2,1H3,(H,33,38)(H2,39,40,41). The molecule has 4 aromatic heterocycles. The van der Waals surface area contributed by atoms with E-state index in [-0.39, 0.29) is 34.3 Å². The lowest BCUT2D eigenvalue weighted by Gasteiger charge is -2.14. The fraction of sp³-hybridized carbons (Fsp3) is 0.143. The minimum absolute atomic E-state index is 0.0134. The summed E-state index contributed by atoms with van der Waals surface area (Å²) in [6, 6.07) is 9.97. The van der Waals surface area contributed by atoms with Crippen molar-refractivity contribution < 1.29 is 27.1 Å². The molecule has 3 N–H and O–H groups in total. The first-order valence-corrected chi connectivity index (χ1v) is 13.5. The number of nitrogens with zero attached hydrogens (tertiary/aromatic N) is 5. The van der Waals surface area contributed by atoms with E-state index < -0.39 is 24.4 Å². The SMILES string of the molecule is CCNc1ncc(-c2ccc(Oc3ncc(NC(=O)Nc4cc(C(F)(F)F)cnc4-c4ccc(CF)nc4)cn3)cc2)s1. The second-order valence-corrected chi connectivity index (χ2v) is 9.84. The number of carbonyl (C=O) groups is 1. The summed E-state index contributed by atoms with van der Waals surface area (Å²) >= 11 is 1.53. The lowest BCUT2D eigenvalue weighted by atomic mass is 10.1. The van der Waals surface area contributed by atoms with E-state index >= 15 is 0 Å². The van der Waals surface area contributed by atoms with E-state index in [1.807, 2.05) is 19.1 Å². The Labute approximate surface area is 246 Å². The van der Waals surface area contributed by atoms with Gasteiger partial charge in [0.25, 0.3) is 0 Å². The van der Waals surface area contributed by atoms with Crippen molar-refractivity contribution in [2.45, 2.75) is 19.8 Å². The maximum atomic E-state index is 13.3. The molecule has 0 unspecified atom stereocenters. The Morgan fingerprint density at radius 3 is 2.28 bits per heavy atom. The van der Waals surface area contributed by atoms with Gasteiger partial charge in [-0.2, -0.15) is 13.2 Å². The van der Waals surface area contributed by atoms with Crippen LogP contribution in [0.5, 0.6) is 11.8 Å². The number of urea groups is 1. The number of hydrogen-bond donors (Lipinski definition) is 3. The lowest BCUT2D eigenvalue weighted by molar-refractivity contribution is -0.137. The molecule has 0 saturated carbocycles. The molecule has 5 aromatic rings. The molecular formula is C28H22F4N8O2S. The van der Waals surface area contributed by atoms with Gasteiger partial charge in [-0.15, -0.1) is 0 Å². The van der Waals surface area contributed by atoms with Crippen LogP contribution in [0.25, 0.3) is 21.7 Å². The minimum atomic E-state index is -4.70. The maximum Gasteiger partial charge on any atom is 0.417 e. The molecule has 0 spiro atoms. The summed E-state index contributed by atoms with van der Waals surface area (Å²) in [4.78, 5) is 33.9. The number of alkyl halides is 4. The van der Waals surface area contributed by atoms with Crippen molar-refractivity contribution in [1.29, 1.82) is 0 Å². The average Bonchev–Trinajstić information content (AvgIpc) is 3.47. The van der Waals surface area contributed by atoms with Crippen molar-refractivity contribution in [1.82, 2.24) is 24.9 Å². The predicted octanol–water partition coefficient (Wildman–Crippen LogP) is 7.41. The Morgan fingerprint density at radius 1 is 0.884 bits per heavy atom. The van der Waals surface area contributed by atoms with Crippen molar-refractivity contribution in [2.24, 2.45) is 0 Å². The number of pyridine rings is 2. The number of nitrogens with one attached hydrogen (secondary N) is 3. The summed E-state index contributed by atoms with van der Waals surface area (Å²) in [6.45, 7) is 1.97. The van der Waals surface area contributed by atoms with Crippen LogP contribution in [0.4, 0.5) is 38.9 Å². The third-order valence-electron chi connectivity index (χ3n) is 5.77. The molecule has 0 aliphatic heterocycles. The van der Waals surface area contributed by atoms with Crippen molar-refractivity contribution in [3.05, 3.63) is 84.7 Å². The number of benzene rings is 1. The second kappa shape index (κ2) is 12.8. The van der Waals surface area contributed by atoms with Gasteiger partial charge in [0.2, 0.25) is 0 Å². The van der Waals surface area contributed by atoms with Gasteiger partial charge >= 0.3 is 18.2 Å². The number of anilines is 3. The summed E-state index contributed by atoms with van der Waals surface area (Å²) < 4.78 is 58.6. The molecule has 0 aliphatic rings. The summed E-state index contributed by atoms with van der Waals surface area (Å²) in [6.07, 6.45) is 1.54. The third kappa shape index (κ3) is 7.37. The van der Waals surface area contributed by atoms with Crippen molar-refractivity contribution in [3.63, 3.8) is 0 Å². The van der Waals surface area contributed by atoms with E-state index in [1.165, 1.54) is 42.1 Å². The zero-order valence-electron chi connectivity index (χ0n) is 22.3. The van der Waals surface area contributed by atoms with E-state index in [9.17, 15) is 22.4 Å². The van der Waals surface area contributed by atoms with Gasteiger partial charge < -0.3 is 20.7 Å². The zero-order valence-corrected chi connectivity index (χ0v) is 23.1. The number of amides is 2. The molecule has 43 heavy (non-hydrogen) atoms. The molecule has 4 heterocycles. The highest BCUT2D eigenvalue weighted by atomic mass is 32.1. The number of aromatic nitrogens is 5. The minimum Gasteiger partial charge on any atom is -0.424 e. The monoisotopic (exact) mass is 610 g/mol. The van der Waals surface area contributed by atoms with Gasteiger partial charge in [-0.1, -0.05) is 11.3 Å². The Kier molecular flexibility index (Phi) is 8.71. The lowest BCUT2D eigenvalue weighted by Crippen LogP contribution is -2.21. The fourth-order valence-electron chi connectivity index (χ4n) is 3.74. The number of rotatable bonds is 9. The number of thiazole rings is 1. The highest BCUT2D eigenvalue weighted by Gasteiger charge is 2.32. The summed E-state index contributed by atoms with van der Waals surface area (Å²) in [5.74, 6) is 0.484. The highest BCUT2D eigenvalue weighted by Crippen LogP contribution is 2.35. The molecule has 0 radical (unpaired) electrons. The van der Waals surface area contributed by atoms with Crippen LogP contribution in [-0.4, -0.2) is 37.5 Å². The molecule has 2 amide bonds. The van der Waals surface area contributed by atoms with Crippen LogP contribution in [0, 0.1) is 0 Å². The third-order valence-corrected chi connectivity index (χ3v) is 6.77. The average molecular weight is 611 g/mol. The number of hydrogen-bond acceptors (Lipinski definition) is 9. The van der Waals surface area contributed by atoms with Crippen molar-refractivity contribution >= 4 is 33.9 Å². The number of ether oxygens (including phenoxy) is 1. The van der Waals surface area contributed by atoms with Gasteiger partial charge in [0.1, 0.15) is 12.4 Å². The topological polar surface area (TPSA) is 127 Å². The number of halogens is 4. The van der Waals surface area contributed by atoms with Gasteiger partial charge in [-0.05, 0) is 55.0 Å². The van der Waals surface area contributed by atoms with Gasteiger partial charge in [-0.3, -0.25) is 9.97 Å². The Balaban J connectivity index is 1.24. The zero-order chi connectivity index (χ0) is 30.4. The first-order valence-electron chi connectivity index (χ1n) is 12.7. The fourth-order valence-corrected chi connectivity index (χ4v) is 4.63. The summed E-state index contributed by atoms with van der Waals surface area (Å²) in [5, 5.41) is 8.84. The van der Waals surface area contributed by atoms with Crippen LogP contribution in [-0.2, 0) is 12.9 Å². The molecule has 0 saturated heterocycles. The molecule has 15 heteroatoms. The van der Waals surface area contributed by atoms with Crippen molar-refractivity contribution in [2.75, 3.05) is 22.5 Å². The first-order chi connectivity index (χ1) is 20.7. The Morgan fingerprint density at radius 2 is 1.63 bits per heavy atom. The molecule has 220 valence electrons. The molecule has 0 atom stereocenters. The molecule has 0 bridgehead atoms. The smallest absolute Gasteiger partial charge is 0.417 e. The van der Waals surface area contributed by atoms with Gasteiger partial charge in [0.15, 0.2) is 5.13 Å². The largest absolute Gasteiger partial charge is 0.424 e. The van der Waals surface area contributed by atoms with Crippen LogP contribution in [0.15, 0.2) is 73.4 Å². The summed E-state index contributed by atoms with van der Waals surface area (Å²) in [7, 11) is 0. The first kappa shape index (κ1) is 29.3. The van der Waals surface area contributed by atoms with Crippen LogP contribution >= 0.6 is 11.3 Å². The summed E-state index contributed by atoms with van der Waals surface area (Å²) in [5.41, 5.74) is 0.252. The second-order valence-electron chi connectivity index (χ2n) is 8.81. The van der Waals surface area contributed by atoms with Gasteiger partial charge in [-0.25, -0.2) is 24.1 Å². The highest BCUT2D eigenvalue weighted by molar-refractivity contribution is 7.18. The number of carbonyl (C=O) groups excluding carboxylic acids is 1. The molecular weight excluding hydrogens is 588 g/mol. The van der Waals surface area contributed by atoms with Crippen LogP contribution in [0.2, 0.25) is 0 Å². The van der Waals surface area contributed by atoms with E-state index in [0.29, 0.717) is 11.9 Å². The quantitative estimate of drug-likeness (QED) is 0.147. The van der Waals surface area contributed by atoms with Crippen LogP contribution in [0.1, 0.15) is 18.2 Å². The van der Waals surface area contributed by atoms with E-state index in [1.54, 1.807) is 18.3 Å².